The second-order valence-corrected chi connectivity index (χ2v) is 5.82. The molecule has 26 heavy (non-hydrogen) atoms. The van der Waals surface area contributed by atoms with Gasteiger partial charge in [-0.2, -0.15) is 0 Å². The molecule has 2 aromatic rings. The van der Waals surface area contributed by atoms with Crippen LogP contribution in [0.5, 0.6) is 11.5 Å². The summed E-state index contributed by atoms with van der Waals surface area (Å²) in [4.78, 5) is 11.8. The van der Waals surface area contributed by atoms with Gasteiger partial charge in [-0.15, -0.1) is 24.8 Å². The van der Waals surface area contributed by atoms with E-state index in [1.807, 2.05) is 36.4 Å². The number of carbonyl (C=O) groups excluding carboxylic acids is 1. The van der Waals surface area contributed by atoms with E-state index in [1.54, 1.807) is 13.2 Å². The topological polar surface area (TPSA) is 73.6 Å². The lowest BCUT2D eigenvalue weighted by Gasteiger charge is -2.26. The summed E-state index contributed by atoms with van der Waals surface area (Å²) in [7, 11) is 1.54. The molecule has 7 heteroatoms. The summed E-state index contributed by atoms with van der Waals surface area (Å²) >= 11 is 0. The van der Waals surface area contributed by atoms with Crippen LogP contribution in [-0.2, 0) is 0 Å². The zero-order valence-corrected chi connectivity index (χ0v) is 16.2. The van der Waals surface area contributed by atoms with Gasteiger partial charge in [0.1, 0.15) is 17.6 Å². The van der Waals surface area contributed by atoms with Gasteiger partial charge in [-0.25, -0.2) is 0 Å². The molecule has 1 heterocycles. The Morgan fingerprint density at radius 1 is 1.08 bits per heavy atom. The molecule has 2 aromatic carbocycles. The number of primary amides is 1. The molecule has 1 amide bonds. The summed E-state index contributed by atoms with van der Waals surface area (Å²) in [6.07, 6.45) is 2.06. The number of hydrogen-bond acceptors (Lipinski definition) is 4. The predicted octanol–water partition coefficient (Wildman–Crippen LogP) is 3.44. The van der Waals surface area contributed by atoms with Crippen molar-refractivity contribution in [1.82, 2.24) is 5.32 Å². The van der Waals surface area contributed by atoms with Crippen molar-refractivity contribution in [3.8, 4) is 22.6 Å². The number of amides is 1. The molecule has 1 aliphatic heterocycles. The molecule has 0 unspecified atom stereocenters. The Hall–Kier alpha value is -1.95. The van der Waals surface area contributed by atoms with Crippen LogP contribution in [0, 0.1) is 0 Å². The number of benzene rings is 2. The maximum atomic E-state index is 11.8. The Balaban J connectivity index is 0.00000169. The third-order valence-corrected chi connectivity index (χ3v) is 4.23. The summed E-state index contributed by atoms with van der Waals surface area (Å²) in [6, 6.07) is 13.3. The fourth-order valence-electron chi connectivity index (χ4n) is 3.04. The van der Waals surface area contributed by atoms with Crippen LogP contribution in [0.15, 0.2) is 42.5 Å². The SMILES string of the molecule is COc1c(C(N)=O)ccc(OC2CCNCC2)c1-c1ccccc1.Cl.Cl. The van der Waals surface area contributed by atoms with Crippen molar-refractivity contribution in [2.75, 3.05) is 20.2 Å². The number of piperidine rings is 1. The molecular formula is C19H24Cl2N2O3. The van der Waals surface area contributed by atoms with Crippen LogP contribution < -0.4 is 20.5 Å². The Labute approximate surface area is 166 Å². The van der Waals surface area contributed by atoms with Gasteiger partial charge in [0.25, 0.3) is 5.91 Å². The Morgan fingerprint density at radius 2 is 1.73 bits per heavy atom. The normalized spacial score (nSPS) is 13.9. The van der Waals surface area contributed by atoms with Gasteiger partial charge in [-0.1, -0.05) is 30.3 Å². The smallest absolute Gasteiger partial charge is 0.252 e. The Bertz CT molecular complexity index is 720. The molecule has 0 atom stereocenters. The van der Waals surface area contributed by atoms with Gasteiger partial charge >= 0.3 is 0 Å². The first-order valence-electron chi connectivity index (χ1n) is 8.14. The molecule has 5 nitrogen and oxygen atoms in total. The van der Waals surface area contributed by atoms with E-state index in [-0.39, 0.29) is 30.9 Å². The lowest BCUT2D eigenvalue weighted by atomic mass is 9.99. The van der Waals surface area contributed by atoms with Crippen LogP contribution in [0.4, 0.5) is 0 Å². The predicted molar refractivity (Wildman–Crippen MR) is 108 cm³/mol. The van der Waals surface area contributed by atoms with E-state index in [9.17, 15) is 4.79 Å². The van der Waals surface area contributed by atoms with E-state index in [4.69, 9.17) is 15.2 Å². The molecule has 1 aliphatic rings. The number of methoxy groups -OCH3 is 1. The maximum Gasteiger partial charge on any atom is 0.252 e. The maximum absolute atomic E-state index is 11.8. The zero-order chi connectivity index (χ0) is 16.9. The van der Waals surface area contributed by atoms with Gasteiger partial charge in [-0.3, -0.25) is 4.79 Å². The van der Waals surface area contributed by atoms with Crippen LogP contribution >= 0.6 is 24.8 Å². The van der Waals surface area contributed by atoms with Crippen LogP contribution in [0.1, 0.15) is 23.2 Å². The summed E-state index contributed by atoms with van der Waals surface area (Å²) in [5.74, 6) is 0.660. The van der Waals surface area contributed by atoms with E-state index in [2.05, 4.69) is 5.32 Å². The highest BCUT2D eigenvalue weighted by atomic mass is 35.5. The minimum atomic E-state index is -0.516. The Morgan fingerprint density at radius 3 is 2.31 bits per heavy atom. The molecule has 1 saturated heterocycles. The highest BCUT2D eigenvalue weighted by Crippen LogP contribution is 2.41. The third-order valence-electron chi connectivity index (χ3n) is 4.23. The average Bonchev–Trinajstić information content (AvgIpc) is 2.62. The van der Waals surface area contributed by atoms with Crippen LogP contribution in [0.3, 0.4) is 0 Å². The van der Waals surface area contributed by atoms with Crippen molar-refractivity contribution in [2.45, 2.75) is 18.9 Å². The molecular weight excluding hydrogens is 375 g/mol. The first-order chi connectivity index (χ1) is 11.7. The van der Waals surface area contributed by atoms with Crippen molar-refractivity contribution < 1.29 is 14.3 Å². The van der Waals surface area contributed by atoms with Crippen molar-refractivity contribution >= 4 is 30.7 Å². The van der Waals surface area contributed by atoms with Crippen molar-refractivity contribution in [3.05, 3.63) is 48.0 Å². The minimum Gasteiger partial charge on any atom is -0.495 e. The zero-order valence-electron chi connectivity index (χ0n) is 14.6. The fraction of sp³-hybridized carbons (Fsp3) is 0.316. The molecule has 0 spiro atoms. The number of halogens is 2. The molecule has 1 fully saturated rings. The standard InChI is InChI=1S/C19H22N2O3.2ClH/c1-23-18-15(19(20)22)7-8-16(24-14-9-11-21-12-10-14)17(18)13-5-3-2-4-6-13;;/h2-8,14,21H,9-12H2,1H3,(H2,20,22);2*1H. The number of ether oxygens (including phenoxy) is 2. The summed E-state index contributed by atoms with van der Waals surface area (Å²) < 4.78 is 11.8. The molecule has 0 aliphatic carbocycles. The first kappa shape index (κ1) is 22.1. The van der Waals surface area contributed by atoms with Gasteiger partial charge < -0.3 is 20.5 Å². The van der Waals surface area contributed by atoms with Gasteiger partial charge in [-0.05, 0) is 43.6 Å². The highest BCUT2D eigenvalue weighted by molar-refractivity contribution is 5.99. The van der Waals surface area contributed by atoms with Crippen LogP contribution in [0.25, 0.3) is 11.1 Å². The van der Waals surface area contributed by atoms with Gasteiger partial charge in [0, 0.05) is 0 Å². The van der Waals surface area contributed by atoms with E-state index in [0.717, 1.165) is 42.8 Å². The summed E-state index contributed by atoms with van der Waals surface area (Å²) in [5.41, 5.74) is 7.56. The lowest BCUT2D eigenvalue weighted by molar-refractivity contribution is 0.0997. The minimum absolute atomic E-state index is 0. The van der Waals surface area contributed by atoms with E-state index in [1.165, 1.54) is 0 Å². The molecule has 3 rings (SSSR count). The van der Waals surface area contributed by atoms with Gasteiger partial charge in [0.05, 0.1) is 18.2 Å². The van der Waals surface area contributed by atoms with E-state index >= 15 is 0 Å². The molecule has 3 N–H and O–H groups in total. The fourth-order valence-corrected chi connectivity index (χ4v) is 3.04. The molecule has 142 valence electrons. The van der Waals surface area contributed by atoms with Crippen molar-refractivity contribution in [3.63, 3.8) is 0 Å². The van der Waals surface area contributed by atoms with E-state index < -0.39 is 5.91 Å². The van der Waals surface area contributed by atoms with Crippen LogP contribution in [0.2, 0.25) is 0 Å². The second kappa shape index (κ2) is 10.3. The largest absolute Gasteiger partial charge is 0.495 e. The van der Waals surface area contributed by atoms with Crippen molar-refractivity contribution in [1.29, 1.82) is 0 Å². The first-order valence-corrected chi connectivity index (χ1v) is 8.14. The monoisotopic (exact) mass is 398 g/mol. The number of nitrogens with one attached hydrogen (secondary N) is 1. The van der Waals surface area contributed by atoms with Crippen LogP contribution in [-0.4, -0.2) is 32.2 Å². The highest BCUT2D eigenvalue weighted by Gasteiger charge is 2.22. The quantitative estimate of drug-likeness (QED) is 0.808. The lowest BCUT2D eigenvalue weighted by Crippen LogP contribution is -2.34. The average molecular weight is 399 g/mol. The number of hydrogen-bond donors (Lipinski definition) is 2. The number of nitrogens with two attached hydrogens (primary N) is 1. The van der Waals surface area contributed by atoms with Gasteiger partial charge in [0.15, 0.2) is 0 Å². The van der Waals surface area contributed by atoms with E-state index in [0.29, 0.717) is 11.3 Å². The molecule has 0 bridgehead atoms. The van der Waals surface area contributed by atoms with Gasteiger partial charge in [0.2, 0.25) is 0 Å². The number of carbonyl (C=O) groups is 1. The molecule has 0 radical (unpaired) electrons. The summed E-state index contributed by atoms with van der Waals surface area (Å²) in [6.45, 7) is 1.89. The Kier molecular flexibility index (Phi) is 8.72. The third kappa shape index (κ3) is 4.81. The second-order valence-electron chi connectivity index (χ2n) is 5.82. The number of rotatable bonds is 5. The summed E-state index contributed by atoms with van der Waals surface area (Å²) in [5, 5.41) is 3.33. The van der Waals surface area contributed by atoms with Crippen molar-refractivity contribution in [2.24, 2.45) is 5.73 Å². The molecule has 0 aromatic heterocycles. The molecule has 0 saturated carbocycles.